The summed E-state index contributed by atoms with van der Waals surface area (Å²) in [6.45, 7) is 7.44. The fraction of sp³-hybridized carbons (Fsp3) is 0.917. The summed E-state index contributed by atoms with van der Waals surface area (Å²) in [5.41, 5.74) is -1.26. The van der Waals surface area contributed by atoms with Crippen molar-refractivity contribution < 1.29 is 9.90 Å². The van der Waals surface area contributed by atoms with Gasteiger partial charge in [0.2, 0.25) is 0 Å². The molecule has 3 heteroatoms. The molecule has 1 aliphatic rings. The molecule has 0 bridgehead atoms. The molecular weight excluding hydrogens is 190 g/mol. The first-order valence-electron chi connectivity index (χ1n) is 5.89. The molecule has 3 atom stereocenters. The first-order valence-corrected chi connectivity index (χ1v) is 5.89. The summed E-state index contributed by atoms with van der Waals surface area (Å²) >= 11 is 0. The van der Waals surface area contributed by atoms with Crippen molar-refractivity contribution >= 4 is 5.91 Å². The van der Waals surface area contributed by atoms with Crippen LogP contribution in [0.4, 0.5) is 0 Å². The van der Waals surface area contributed by atoms with E-state index in [4.69, 9.17) is 0 Å². The fourth-order valence-corrected chi connectivity index (χ4v) is 2.37. The highest BCUT2D eigenvalue weighted by Crippen LogP contribution is 2.33. The standard InChI is InChI=1S/C12H23NO2/c1-5-9-6-7-10(8(9)2)13-11(14)12(3,4)15/h8-10,15H,5-7H2,1-4H3,(H,13,14). The van der Waals surface area contributed by atoms with Crippen LogP contribution in [0.25, 0.3) is 0 Å². The maximum Gasteiger partial charge on any atom is 0.251 e. The van der Waals surface area contributed by atoms with Gasteiger partial charge < -0.3 is 10.4 Å². The van der Waals surface area contributed by atoms with Crippen molar-refractivity contribution in [2.45, 2.75) is 58.6 Å². The molecule has 0 radical (unpaired) electrons. The van der Waals surface area contributed by atoms with Crippen LogP contribution in [0.1, 0.15) is 47.0 Å². The predicted octanol–water partition coefficient (Wildman–Crippen LogP) is 1.70. The summed E-state index contributed by atoms with van der Waals surface area (Å²) in [6, 6.07) is 0.244. The van der Waals surface area contributed by atoms with E-state index in [1.807, 2.05) is 0 Å². The van der Waals surface area contributed by atoms with Crippen LogP contribution in [0.5, 0.6) is 0 Å². The van der Waals surface area contributed by atoms with Crippen LogP contribution in [0.15, 0.2) is 0 Å². The first-order chi connectivity index (χ1) is 6.86. The van der Waals surface area contributed by atoms with Gasteiger partial charge in [0.05, 0.1) is 0 Å². The Balaban J connectivity index is 2.51. The van der Waals surface area contributed by atoms with Gasteiger partial charge in [-0.25, -0.2) is 0 Å². The Hall–Kier alpha value is -0.570. The van der Waals surface area contributed by atoms with Gasteiger partial charge in [0.25, 0.3) is 5.91 Å². The lowest BCUT2D eigenvalue weighted by Crippen LogP contribution is -2.47. The van der Waals surface area contributed by atoms with Crippen LogP contribution < -0.4 is 5.32 Å². The monoisotopic (exact) mass is 213 g/mol. The van der Waals surface area contributed by atoms with Crippen molar-refractivity contribution in [1.29, 1.82) is 0 Å². The normalized spacial score (nSPS) is 31.7. The molecule has 0 spiro atoms. The summed E-state index contributed by atoms with van der Waals surface area (Å²) in [6.07, 6.45) is 3.41. The van der Waals surface area contributed by atoms with Crippen LogP contribution in [-0.2, 0) is 4.79 Å². The molecule has 0 heterocycles. The van der Waals surface area contributed by atoms with Gasteiger partial charge in [-0.1, -0.05) is 20.3 Å². The van der Waals surface area contributed by atoms with Crippen molar-refractivity contribution in [3.05, 3.63) is 0 Å². The number of hydrogen-bond donors (Lipinski definition) is 2. The smallest absolute Gasteiger partial charge is 0.251 e. The number of aliphatic hydroxyl groups is 1. The van der Waals surface area contributed by atoms with Gasteiger partial charge in [-0.2, -0.15) is 0 Å². The van der Waals surface area contributed by atoms with Crippen LogP contribution in [0.3, 0.4) is 0 Å². The van der Waals surface area contributed by atoms with Crippen LogP contribution >= 0.6 is 0 Å². The van der Waals surface area contributed by atoms with Gasteiger partial charge in [-0.3, -0.25) is 4.79 Å². The second-order valence-electron chi connectivity index (χ2n) is 5.24. The van der Waals surface area contributed by atoms with Gasteiger partial charge in [0, 0.05) is 6.04 Å². The van der Waals surface area contributed by atoms with Crippen molar-refractivity contribution in [3.63, 3.8) is 0 Å². The molecule has 1 rings (SSSR count). The van der Waals surface area contributed by atoms with Crippen molar-refractivity contribution in [2.75, 3.05) is 0 Å². The second-order valence-corrected chi connectivity index (χ2v) is 5.24. The summed E-state index contributed by atoms with van der Waals surface area (Å²) in [4.78, 5) is 11.6. The van der Waals surface area contributed by atoms with E-state index in [0.29, 0.717) is 5.92 Å². The Bertz CT molecular complexity index is 232. The Labute approximate surface area is 92.3 Å². The van der Waals surface area contributed by atoms with Crippen molar-refractivity contribution in [2.24, 2.45) is 11.8 Å². The minimum absolute atomic E-state index is 0.244. The Morgan fingerprint density at radius 1 is 1.47 bits per heavy atom. The second kappa shape index (κ2) is 4.52. The van der Waals surface area contributed by atoms with E-state index in [9.17, 15) is 9.90 Å². The quantitative estimate of drug-likeness (QED) is 0.749. The number of amides is 1. The Morgan fingerprint density at radius 2 is 2.07 bits per heavy atom. The van der Waals surface area contributed by atoms with Gasteiger partial charge in [0.15, 0.2) is 0 Å². The minimum atomic E-state index is -1.26. The SMILES string of the molecule is CCC1CCC(NC(=O)C(C)(C)O)C1C. The zero-order chi connectivity index (χ0) is 11.6. The third-order valence-electron chi connectivity index (χ3n) is 3.62. The zero-order valence-electron chi connectivity index (χ0n) is 10.2. The van der Waals surface area contributed by atoms with E-state index in [2.05, 4.69) is 19.2 Å². The lowest BCUT2D eigenvalue weighted by atomic mass is 9.93. The molecule has 1 amide bonds. The molecule has 0 aliphatic heterocycles. The number of rotatable bonds is 3. The number of nitrogens with one attached hydrogen (secondary N) is 1. The Kier molecular flexibility index (Phi) is 3.77. The number of carbonyl (C=O) groups is 1. The van der Waals surface area contributed by atoms with E-state index < -0.39 is 5.60 Å². The van der Waals surface area contributed by atoms with Crippen molar-refractivity contribution in [3.8, 4) is 0 Å². The molecular formula is C12H23NO2. The molecule has 1 aliphatic carbocycles. The fourth-order valence-electron chi connectivity index (χ4n) is 2.37. The summed E-state index contributed by atoms with van der Waals surface area (Å²) in [5.74, 6) is 0.995. The van der Waals surface area contributed by atoms with E-state index >= 15 is 0 Å². The van der Waals surface area contributed by atoms with Crippen LogP contribution in [0.2, 0.25) is 0 Å². The van der Waals surface area contributed by atoms with Gasteiger partial charge in [0.1, 0.15) is 5.60 Å². The molecule has 0 aromatic heterocycles. The highest BCUT2D eigenvalue weighted by atomic mass is 16.3. The van der Waals surface area contributed by atoms with Crippen molar-refractivity contribution in [1.82, 2.24) is 5.32 Å². The average molecular weight is 213 g/mol. The average Bonchev–Trinajstić information content (AvgIpc) is 2.46. The third-order valence-corrected chi connectivity index (χ3v) is 3.62. The molecule has 1 saturated carbocycles. The van der Waals surface area contributed by atoms with Gasteiger partial charge in [-0.15, -0.1) is 0 Å². The molecule has 0 saturated heterocycles. The highest BCUT2D eigenvalue weighted by molar-refractivity contribution is 5.84. The highest BCUT2D eigenvalue weighted by Gasteiger charge is 2.35. The van der Waals surface area contributed by atoms with Crippen LogP contribution in [0, 0.1) is 11.8 Å². The lowest BCUT2D eigenvalue weighted by molar-refractivity contribution is -0.137. The topological polar surface area (TPSA) is 49.3 Å². The maximum atomic E-state index is 11.6. The first kappa shape index (κ1) is 12.5. The largest absolute Gasteiger partial charge is 0.381 e. The number of hydrogen-bond acceptors (Lipinski definition) is 2. The molecule has 0 aromatic carbocycles. The molecule has 0 aromatic rings. The van der Waals surface area contributed by atoms with Gasteiger partial charge >= 0.3 is 0 Å². The van der Waals surface area contributed by atoms with E-state index in [0.717, 1.165) is 12.3 Å². The molecule has 3 nitrogen and oxygen atoms in total. The summed E-state index contributed by atoms with van der Waals surface area (Å²) in [5, 5.41) is 12.5. The molecule has 88 valence electrons. The predicted molar refractivity (Wildman–Crippen MR) is 60.4 cm³/mol. The molecule has 15 heavy (non-hydrogen) atoms. The van der Waals surface area contributed by atoms with E-state index in [1.165, 1.54) is 26.7 Å². The molecule has 1 fully saturated rings. The minimum Gasteiger partial charge on any atom is -0.381 e. The lowest BCUT2D eigenvalue weighted by Gasteiger charge is -2.24. The third kappa shape index (κ3) is 2.94. The molecule has 3 unspecified atom stereocenters. The van der Waals surface area contributed by atoms with Crippen LogP contribution in [-0.4, -0.2) is 22.7 Å². The zero-order valence-corrected chi connectivity index (χ0v) is 10.2. The van der Waals surface area contributed by atoms with E-state index in [1.54, 1.807) is 0 Å². The van der Waals surface area contributed by atoms with Gasteiger partial charge in [-0.05, 0) is 38.5 Å². The molecule has 2 N–H and O–H groups in total. The Morgan fingerprint density at radius 3 is 2.47 bits per heavy atom. The number of carbonyl (C=O) groups excluding carboxylic acids is 1. The maximum absolute atomic E-state index is 11.6. The summed E-state index contributed by atoms with van der Waals surface area (Å²) < 4.78 is 0. The summed E-state index contributed by atoms with van der Waals surface area (Å²) in [7, 11) is 0. The van der Waals surface area contributed by atoms with E-state index in [-0.39, 0.29) is 11.9 Å².